The highest BCUT2D eigenvalue weighted by Crippen LogP contribution is 2.14. The van der Waals surface area contributed by atoms with Gasteiger partial charge in [-0.3, -0.25) is 0 Å². The summed E-state index contributed by atoms with van der Waals surface area (Å²) >= 11 is 0. The average molecular weight is 264 g/mol. The molecule has 104 valence electrons. The first kappa shape index (κ1) is 16.0. The molecule has 0 spiro atoms. The predicted molar refractivity (Wildman–Crippen MR) is 91.3 cm³/mol. The quantitative estimate of drug-likeness (QED) is 0.461. The largest absolute Gasteiger partial charge is 0.0776 e. The summed E-state index contributed by atoms with van der Waals surface area (Å²) < 4.78 is 0. The van der Waals surface area contributed by atoms with Crippen molar-refractivity contribution in [1.82, 2.24) is 0 Å². The number of fused-ring (bicyclic) bond motifs is 1. The van der Waals surface area contributed by atoms with Crippen LogP contribution in [0.2, 0.25) is 0 Å². The fraction of sp³-hybridized carbons (Fsp3) is 0.200. The zero-order chi connectivity index (χ0) is 13.7. The van der Waals surface area contributed by atoms with Gasteiger partial charge in [0.2, 0.25) is 0 Å². The molecule has 0 saturated heterocycles. The van der Waals surface area contributed by atoms with E-state index in [1.165, 1.54) is 27.5 Å². The number of benzene rings is 3. The van der Waals surface area contributed by atoms with Crippen molar-refractivity contribution in [2.45, 2.75) is 28.2 Å². The molecule has 3 aromatic carbocycles. The van der Waals surface area contributed by atoms with Crippen molar-refractivity contribution in [3.8, 4) is 0 Å². The van der Waals surface area contributed by atoms with Gasteiger partial charge in [-0.25, -0.2) is 0 Å². The fourth-order valence-electron chi connectivity index (χ4n) is 1.95. The van der Waals surface area contributed by atoms with Crippen LogP contribution in [0.1, 0.15) is 24.1 Å². The monoisotopic (exact) mass is 264 g/mol. The van der Waals surface area contributed by atoms with E-state index < -0.39 is 0 Å². The lowest BCUT2D eigenvalue weighted by atomic mass is 10.1. The van der Waals surface area contributed by atoms with E-state index in [0.29, 0.717) is 0 Å². The second-order valence-corrected chi connectivity index (χ2v) is 5.01. The van der Waals surface area contributed by atoms with Gasteiger partial charge in [0.25, 0.3) is 0 Å². The Labute approximate surface area is 123 Å². The molecular weight excluding hydrogens is 240 g/mol. The van der Waals surface area contributed by atoms with E-state index in [1.807, 2.05) is 0 Å². The molecule has 0 saturated carbocycles. The summed E-state index contributed by atoms with van der Waals surface area (Å²) in [5, 5.41) is 2.64. The molecule has 3 aromatic rings. The van der Waals surface area contributed by atoms with Gasteiger partial charge in [0, 0.05) is 0 Å². The van der Waals surface area contributed by atoms with Crippen molar-refractivity contribution in [2.24, 2.45) is 0 Å². The van der Waals surface area contributed by atoms with Crippen LogP contribution in [0.3, 0.4) is 0 Å². The van der Waals surface area contributed by atoms with Gasteiger partial charge in [-0.05, 0) is 31.5 Å². The summed E-state index contributed by atoms with van der Waals surface area (Å²) in [6.07, 6.45) is 0. The number of rotatable bonds is 0. The van der Waals surface area contributed by atoms with Gasteiger partial charge in [0.05, 0.1) is 0 Å². The molecule has 0 bridgehead atoms. The van der Waals surface area contributed by atoms with Crippen LogP contribution in [0, 0.1) is 20.8 Å². The number of aryl methyl sites for hydroxylation is 3. The molecule has 0 amide bonds. The molecule has 0 heteroatoms. The van der Waals surface area contributed by atoms with Crippen molar-refractivity contribution in [3.63, 3.8) is 0 Å². The molecule has 0 N–H and O–H groups in total. The van der Waals surface area contributed by atoms with Crippen LogP contribution in [0.4, 0.5) is 0 Å². The minimum absolute atomic E-state index is 0. The first-order chi connectivity index (χ1) is 9.15. The Morgan fingerprint density at radius 2 is 0.950 bits per heavy atom. The predicted octanol–water partition coefficient (Wildman–Crippen LogP) is 6.09. The van der Waals surface area contributed by atoms with Crippen molar-refractivity contribution in [3.05, 3.63) is 83.4 Å². The van der Waals surface area contributed by atoms with Crippen LogP contribution in [0.5, 0.6) is 0 Å². The lowest BCUT2D eigenvalue weighted by Crippen LogP contribution is -1.73. The standard InChI is InChI=1S/C11H10.C8H10.CH4/c1-9-6-7-10-4-2-3-5-11(10)8-9;1-7-3-5-8(2)6-4-7;/h2-8H,1H3;3-6H,1-2H3;1H4. The lowest BCUT2D eigenvalue weighted by molar-refractivity contribution is 1.40. The van der Waals surface area contributed by atoms with E-state index in [4.69, 9.17) is 0 Å². The summed E-state index contributed by atoms with van der Waals surface area (Å²) in [5.41, 5.74) is 3.98. The summed E-state index contributed by atoms with van der Waals surface area (Å²) in [4.78, 5) is 0. The Balaban J connectivity index is 0.000000200. The SMILES string of the molecule is C.Cc1ccc(C)cc1.Cc1ccc2ccccc2c1. The summed E-state index contributed by atoms with van der Waals surface area (Å²) in [7, 11) is 0. The second-order valence-electron chi connectivity index (χ2n) is 5.01. The Morgan fingerprint density at radius 3 is 1.50 bits per heavy atom. The molecule has 0 aliphatic rings. The molecule has 20 heavy (non-hydrogen) atoms. The van der Waals surface area contributed by atoms with Crippen LogP contribution in [0.15, 0.2) is 66.7 Å². The maximum absolute atomic E-state index is 2.20. The van der Waals surface area contributed by atoms with Crippen LogP contribution in [-0.2, 0) is 0 Å². The Bertz CT molecular complexity index is 627. The molecule has 0 aromatic heterocycles. The highest BCUT2D eigenvalue weighted by Gasteiger charge is 1.89. The Hall–Kier alpha value is -2.08. The third kappa shape index (κ3) is 4.55. The minimum atomic E-state index is 0. The third-order valence-electron chi connectivity index (χ3n) is 3.12. The van der Waals surface area contributed by atoms with Crippen molar-refractivity contribution in [2.75, 3.05) is 0 Å². The normalized spacial score (nSPS) is 9.35. The van der Waals surface area contributed by atoms with E-state index in [2.05, 4.69) is 87.5 Å². The molecule has 0 atom stereocenters. The maximum atomic E-state index is 2.20. The topological polar surface area (TPSA) is 0 Å². The molecule has 0 radical (unpaired) electrons. The zero-order valence-corrected chi connectivity index (χ0v) is 11.9. The highest BCUT2D eigenvalue weighted by atomic mass is 13.9. The average Bonchev–Trinajstić information content (AvgIpc) is 2.43. The highest BCUT2D eigenvalue weighted by molar-refractivity contribution is 5.82. The van der Waals surface area contributed by atoms with E-state index >= 15 is 0 Å². The first-order valence-corrected chi connectivity index (χ1v) is 6.64. The fourth-order valence-corrected chi connectivity index (χ4v) is 1.95. The Kier molecular flexibility index (Phi) is 5.99. The third-order valence-corrected chi connectivity index (χ3v) is 3.12. The van der Waals surface area contributed by atoms with Crippen LogP contribution < -0.4 is 0 Å². The van der Waals surface area contributed by atoms with Gasteiger partial charge >= 0.3 is 0 Å². The van der Waals surface area contributed by atoms with Gasteiger partial charge in [-0.2, -0.15) is 0 Å². The van der Waals surface area contributed by atoms with E-state index in [9.17, 15) is 0 Å². The van der Waals surface area contributed by atoms with Crippen LogP contribution in [-0.4, -0.2) is 0 Å². The van der Waals surface area contributed by atoms with Gasteiger partial charge in [-0.1, -0.05) is 90.8 Å². The molecule has 0 fully saturated rings. The summed E-state index contributed by atoms with van der Waals surface area (Å²) in [6, 6.07) is 23.4. The summed E-state index contributed by atoms with van der Waals surface area (Å²) in [6.45, 7) is 6.31. The van der Waals surface area contributed by atoms with E-state index in [-0.39, 0.29) is 7.43 Å². The molecular formula is C20H24. The smallest absolute Gasteiger partial charge is 0.0181 e. The van der Waals surface area contributed by atoms with E-state index in [1.54, 1.807) is 0 Å². The van der Waals surface area contributed by atoms with Crippen molar-refractivity contribution >= 4 is 10.8 Å². The zero-order valence-electron chi connectivity index (χ0n) is 11.9. The van der Waals surface area contributed by atoms with Crippen LogP contribution in [0.25, 0.3) is 10.8 Å². The van der Waals surface area contributed by atoms with Crippen LogP contribution >= 0.6 is 0 Å². The molecule has 0 aliphatic heterocycles. The first-order valence-electron chi connectivity index (χ1n) is 6.64. The second kappa shape index (κ2) is 7.49. The lowest BCUT2D eigenvalue weighted by Gasteiger charge is -1.96. The molecule has 0 unspecified atom stereocenters. The maximum Gasteiger partial charge on any atom is -0.0181 e. The molecule has 0 nitrogen and oxygen atoms in total. The van der Waals surface area contributed by atoms with Crippen molar-refractivity contribution < 1.29 is 0 Å². The Morgan fingerprint density at radius 1 is 0.500 bits per heavy atom. The van der Waals surface area contributed by atoms with Gasteiger partial charge in [0.15, 0.2) is 0 Å². The number of hydrogen-bond acceptors (Lipinski definition) is 0. The molecule has 0 heterocycles. The molecule has 0 aliphatic carbocycles. The number of hydrogen-bond donors (Lipinski definition) is 0. The molecule has 3 rings (SSSR count). The van der Waals surface area contributed by atoms with Gasteiger partial charge in [0.1, 0.15) is 0 Å². The van der Waals surface area contributed by atoms with Crippen molar-refractivity contribution in [1.29, 1.82) is 0 Å². The summed E-state index contributed by atoms with van der Waals surface area (Å²) in [5.74, 6) is 0. The van der Waals surface area contributed by atoms with Gasteiger partial charge in [-0.15, -0.1) is 0 Å². The van der Waals surface area contributed by atoms with Gasteiger partial charge < -0.3 is 0 Å². The minimum Gasteiger partial charge on any atom is -0.0776 e. The van der Waals surface area contributed by atoms with E-state index in [0.717, 1.165) is 0 Å².